The molecule has 120 valence electrons. The molecule has 0 radical (unpaired) electrons. The van der Waals surface area contributed by atoms with E-state index in [1.54, 1.807) is 23.1 Å². The fourth-order valence-electron chi connectivity index (χ4n) is 3.99. The second-order valence-electron chi connectivity index (χ2n) is 6.29. The number of carbonyl (C=O) groups excluding carboxylic acids is 2. The standard InChI is InChI=1S/C17H17NO5/c1-22-16(21)13-12-5-6-17(23-12)9-18(15(20)14(13)17)8-10-3-2-4-11(19)7-10/h2-7,12-14,19H,8-9H2,1H3/t12-,13-,14-,17+/m1/s1. The van der Waals surface area contributed by atoms with Crippen LogP contribution in [0.5, 0.6) is 5.75 Å². The van der Waals surface area contributed by atoms with Gasteiger partial charge in [0.15, 0.2) is 0 Å². The van der Waals surface area contributed by atoms with E-state index in [1.807, 2.05) is 18.2 Å². The first-order valence-electron chi connectivity index (χ1n) is 7.56. The summed E-state index contributed by atoms with van der Waals surface area (Å²) in [6.07, 6.45) is 3.38. The number of hydrogen-bond donors (Lipinski definition) is 1. The highest BCUT2D eigenvalue weighted by Gasteiger charge is 2.67. The van der Waals surface area contributed by atoms with Crippen LogP contribution in [-0.2, 0) is 25.6 Å². The number of ether oxygens (including phenoxy) is 2. The molecule has 4 rings (SSSR count). The van der Waals surface area contributed by atoms with Gasteiger partial charge in [-0.15, -0.1) is 0 Å². The second kappa shape index (κ2) is 4.83. The molecule has 0 aromatic heterocycles. The number of methoxy groups -OCH3 is 1. The van der Waals surface area contributed by atoms with Gasteiger partial charge in [-0.1, -0.05) is 24.3 Å². The zero-order valence-corrected chi connectivity index (χ0v) is 12.6. The minimum atomic E-state index is -0.725. The third-order valence-electron chi connectivity index (χ3n) is 4.94. The molecule has 4 atom stereocenters. The van der Waals surface area contributed by atoms with E-state index in [0.717, 1.165) is 5.56 Å². The Morgan fingerprint density at radius 1 is 1.52 bits per heavy atom. The molecule has 1 spiro atoms. The average molecular weight is 315 g/mol. The minimum Gasteiger partial charge on any atom is -0.508 e. The number of esters is 1. The lowest BCUT2D eigenvalue weighted by molar-refractivity contribution is -0.151. The van der Waals surface area contributed by atoms with Gasteiger partial charge in [-0.3, -0.25) is 9.59 Å². The Morgan fingerprint density at radius 3 is 3.09 bits per heavy atom. The van der Waals surface area contributed by atoms with Gasteiger partial charge in [-0.2, -0.15) is 0 Å². The number of fused-ring (bicyclic) bond motifs is 1. The molecule has 3 heterocycles. The van der Waals surface area contributed by atoms with Crippen LogP contribution in [0.25, 0.3) is 0 Å². The summed E-state index contributed by atoms with van der Waals surface area (Å²) in [5.41, 5.74) is 0.111. The molecule has 23 heavy (non-hydrogen) atoms. The lowest BCUT2D eigenvalue weighted by atomic mass is 9.77. The summed E-state index contributed by atoms with van der Waals surface area (Å²) in [6.45, 7) is 0.786. The molecule has 3 aliphatic rings. The van der Waals surface area contributed by atoms with E-state index in [1.165, 1.54) is 7.11 Å². The lowest BCUT2D eigenvalue weighted by Crippen LogP contribution is -2.39. The monoisotopic (exact) mass is 315 g/mol. The highest BCUT2D eigenvalue weighted by atomic mass is 16.5. The molecule has 1 amide bonds. The SMILES string of the molecule is COC(=O)[C@@H]1[C@H]2C=C[C@@]3(CN(Cc4cccc(O)c4)C(=O)[C@@H]13)O2. The van der Waals surface area contributed by atoms with E-state index in [9.17, 15) is 14.7 Å². The number of nitrogens with zero attached hydrogens (tertiary/aromatic N) is 1. The molecular weight excluding hydrogens is 298 g/mol. The molecule has 0 aliphatic carbocycles. The third kappa shape index (κ3) is 1.98. The first kappa shape index (κ1) is 14.3. The van der Waals surface area contributed by atoms with Crippen molar-refractivity contribution in [1.29, 1.82) is 0 Å². The number of rotatable bonds is 3. The number of hydrogen-bond acceptors (Lipinski definition) is 5. The maximum Gasteiger partial charge on any atom is 0.312 e. The van der Waals surface area contributed by atoms with Crippen molar-refractivity contribution in [2.45, 2.75) is 18.2 Å². The van der Waals surface area contributed by atoms with Gasteiger partial charge in [0.2, 0.25) is 5.91 Å². The van der Waals surface area contributed by atoms with Crippen molar-refractivity contribution >= 4 is 11.9 Å². The fourth-order valence-corrected chi connectivity index (χ4v) is 3.99. The highest BCUT2D eigenvalue weighted by molar-refractivity contribution is 5.91. The Kier molecular flexibility index (Phi) is 2.99. The van der Waals surface area contributed by atoms with Gasteiger partial charge in [0, 0.05) is 6.54 Å². The van der Waals surface area contributed by atoms with Crippen LogP contribution >= 0.6 is 0 Å². The van der Waals surface area contributed by atoms with Crippen molar-refractivity contribution in [2.24, 2.45) is 11.8 Å². The fraction of sp³-hybridized carbons (Fsp3) is 0.412. The summed E-state index contributed by atoms with van der Waals surface area (Å²) < 4.78 is 10.8. The molecule has 0 saturated carbocycles. The molecule has 2 bridgehead atoms. The number of phenolic OH excluding ortho intramolecular Hbond substituents is 1. The van der Waals surface area contributed by atoms with Gasteiger partial charge < -0.3 is 19.5 Å². The smallest absolute Gasteiger partial charge is 0.312 e. The van der Waals surface area contributed by atoms with Gasteiger partial charge >= 0.3 is 5.97 Å². The molecule has 6 nitrogen and oxygen atoms in total. The summed E-state index contributed by atoms with van der Waals surface area (Å²) >= 11 is 0. The quantitative estimate of drug-likeness (QED) is 0.661. The number of carbonyl (C=O) groups is 2. The van der Waals surface area contributed by atoms with Crippen molar-refractivity contribution in [3.05, 3.63) is 42.0 Å². The summed E-state index contributed by atoms with van der Waals surface area (Å²) in [5.74, 6) is -1.44. The zero-order chi connectivity index (χ0) is 16.2. The summed E-state index contributed by atoms with van der Waals surface area (Å²) in [6, 6.07) is 6.81. The molecule has 3 aliphatic heterocycles. The molecule has 1 N–H and O–H groups in total. The first-order chi connectivity index (χ1) is 11.0. The van der Waals surface area contributed by atoms with Gasteiger partial charge in [0.1, 0.15) is 17.3 Å². The van der Waals surface area contributed by atoms with Crippen LogP contribution in [0, 0.1) is 11.8 Å². The van der Waals surface area contributed by atoms with E-state index < -0.39 is 23.4 Å². The van der Waals surface area contributed by atoms with Crippen LogP contribution in [-0.4, -0.2) is 47.2 Å². The predicted octanol–water partition coefficient (Wildman–Crippen LogP) is 0.847. The number of phenols is 1. The summed E-state index contributed by atoms with van der Waals surface area (Å²) in [7, 11) is 1.33. The average Bonchev–Trinajstić information content (AvgIpc) is 3.15. The number of likely N-dealkylation sites (tertiary alicyclic amines) is 1. The minimum absolute atomic E-state index is 0.101. The molecule has 1 aromatic carbocycles. The Balaban J connectivity index is 1.61. The largest absolute Gasteiger partial charge is 0.508 e. The number of aromatic hydroxyl groups is 1. The van der Waals surface area contributed by atoms with Gasteiger partial charge in [-0.05, 0) is 17.7 Å². The van der Waals surface area contributed by atoms with Gasteiger partial charge in [0.25, 0.3) is 0 Å². The molecule has 2 saturated heterocycles. The Morgan fingerprint density at radius 2 is 2.35 bits per heavy atom. The van der Waals surface area contributed by atoms with Crippen LogP contribution in [0.2, 0.25) is 0 Å². The van der Waals surface area contributed by atoms with Crippen LogP contribution in [0.4, 0.5) is 0 Å². The molecule has 6 heteroatoms. The number of amides is 1. The highest BCUT2D eigenvalue weighted by Crippen LogP contribution is 2.52. The van der Waals surface area contributed by atoms with Crippen molar-refractivity contribution in [3.8, 4) is 5.75 Å². The van der Waals surface area contributed by atoms with Crippen molar-refractivity contribution < 1.29 is 24.2 Å². The third-order valence-corrected chi connectivity index (χ3v) is 4.94. The maximum atomic E-state index is 12.8. The Bertz CT molecular complexity index is 715. The van der Waals surface area contributed by atoms with E-state index in [2.05, 4.69) is 0 Å². The van der Waals surface area contributed by atoms with Crippen molar-refractivity contribution in [1.82, 2.24) is 4.90 Å². The van der Waals surface area contributed by atoms with Crippen molar-refractivity contribution in [2.75, 3.05) is 13.7 Å². The second-order valence-corrected chi connectivity index (χ2v) is 6.29. The van der Waals surface area contributed by atoms with Crippen LogP contribution in [0.1, 0.15) is 5.56 Å². The normalized spacial score (nSPS) is 34.0. The first-order valence-corrected chi connectivity index (χ1v) is 7.56. The molecule has 1 aromatic rings. The maximum absolute atomic E-state index is 12.8. The van der Waals surface area contributed by atoms with E-state index >= 15 is 0 Å². The summed E-state index contributed by atoms with van der Waals surface area (Å²) in [4.78, 5) is 26.6. The Hall–Kier alpha value is -2.34. The van der Waals surface area contributed by atoms with Crippen LogP contribution in [0.15, 0.2) is 36.4 Å². The lowest BCUT2D eigenvalue weighted by Gasteiger charge is -2.22. The summed E-state index contributed by atoms with van der Waals surface area (Å²) in [5, 5.41) is 9.56. The van der Waals surface area contributed by atoms with Gasteiger partial charge in [0.05, 0.1) is 25.7 Å². The van der Waals surface area contributed by atoms with Crippen LogP contribution in [0.3, 0.4) is 0 Å². The molecular formula is C17H17NO5. The number of benzene rings is 1. The van der Waals surface area contributed by atoms with E-state index in [-0.39, 0.29) is 17.8 Å². The predicted molar refractivity (Wildman–Crippen MR) is 79.3 cm³/mol. The van der Waals surface area contributed by atoms with E-state index in [0.29, 0.717) is 13.1 Å². The molecule has 0 unspecified atom stereocenters. The molecule has 2 fully saturated rings. The van der Waals surface area contributed by atoms with Crippen molar-refractivity contribution in [3.63, 3.8) is 0 Å². The Labute approximate surface area is 133 Å². The van der Waals surface area contributed by atoms with Crippen LogP contribution < -0.4 is 0 Å². The van der Waals surface area contributed by atoms with Gasteiger partial charge in [-0.25, -0.2) is 0 Å². The van der Waals surface area contributed by atoms with E-state index in [4.69, 9.17) is 9.47 Å². The zero-order valence-electron chi connectivity index (χ0n) is 12.6. The topological polar surface area (TPSA) is 76.1 Å².